The van der Waals surface area contributed by atoms with Crippen LogP contribution in [0.3, 0.4) is 0 Å². The summed E-state index contributed by atoms with van der Waals surface area (Å²) in [5.41, 5.74) is 1.94. The van der Waals surface area contributed by atoms with Crippen LogP contribution in [-0.2, 0) is 17.9 Å². The smallest absolute Gasteiger partial charge is 0.271 e. The van der Waals surface area contributed by atoms with Gasteiger partial charge >= 0.3 is 0 Å². The second-order valence-corrected chi connectivity index (χ2v) is 9.80. The van der Waals surface area contributed by atoms with Gasteiger partial charge in [-0.05, 0) is 49.8 Å². The van der Waals surface area contributed by atoms with E-state index in [1.807, 2.05) is 54.1 Å². The van der Waals surface area contributed by atoms with E-state index in [-0.39, 0.29) is 17.9 Å². The molecule has 156 valence electrons. The lowest BCUT2D eigenvalue weighted by molar-refractivity contribution is -0.133. The fraction of sp³-hybridized carbons (Fsp3) is 0.417. The Kier molecular flexibility index (Phi) is 4.69. The van der Waals surface area contributed by atoms with Gasteiger partial charge in [-0.3, -0.25) is 9.59 Å². The fourth-order valence-electron chi connectivity index (χ4n) is 4.91. The van der Waals surface area contributed by atoms with E-state index in [1.54, 1.807) is 16.2 Å². The van der Waals surface area contributed by atoms with Crippen LogP contribution in [0.1, 0.15) is 54.2 Å². The average Bonchev–Trinajstić information content (AvgIpc) is 3.44. The van der Waals surface area contributed by atoms with Crippen molar-refractivity contribution < 1.29 is 9.59 Å². The van der Waals surface area contributed by atoms with E-state index in [0.29, 0.717) is 18.8 Å². The number of aromatic nitrogens is 1. The lowest BCUT2D eigenvalue weighted by Gasteiger charge is -2.44. The number of nitrogens with zero attached hydrogens (tertiary/aromatic N) is 2. The molecule has 1 aromatic carbocycles. The summed E-state index contributed by atoms with van der Waals surface area (Å²) >= 11 is 1.62. The van der Waals surface area contributed by atoms with Crippen molar-refractivity contribution in [3.8, 4) is 0 Å². The molecule has 2 amide bonds. The standard InChI is InChI=1S/C24H27N3O2S/c1-16-6-5-7-17(12-16)14-27-21(28)20-13-18-10-11-30-22(18)26(20)15-24(27,2)23(29)25-19-8-3-4-9-19/h5-7,10-13,19H,3-4,8-9,14-15H2,1-2H3,(H,25,29). The van der Waals surface area contributed by atoms with Gasteiger partial charge in [-0.1, -0.05) is 42.7 Å². The molecule has 1 N–H and O–H groups in total. The van der Waals surface area contributed by atoms with Crippen molar-refractivity contribution in [3.63, 3.8) is 0 Å². The Labute approximate surface area is 180 Å². The first-order chi connectivity index (χ1) is 14.5. The molecule has 0 radical (unpaired) electrons. The summed E-state index contributed by atoms with van der Waals surface area (Å²) in [6.07, 6.45) is 4.37. The van der Waals surface area contributed by atoms with E-state index in [9.17, 15) is 9.59 Å². The number of amides is 2. The molecule has 1 saturated carbocycles. The highest BCUT2D eigenvalue weighted by atomic mass is 32.1. The third kappa shape index (κ3) is 3.14. The zero-order valence-electron chi connectivity index (χ0n) is 17.5. The summed E-state index contributed by atoms with van der Waals surface area (Å²) in [5.74, 6) is -0.116. The zero-order valence-corrected chi connectivity index (χ0v) is 18.3. The Balaban J connectivity index is 1.55. The van der Waals surface area contributed by atoms with Gasteiger partial charge in [0.25, 0.3) is 5.91 Å². The van der Waals surface area contributed by atoms with Crippen molar-refractivity contribution in [3.05, 3.63) is 58.6 Å². The van der Waals surface area contributed by atoms with Crippen LogP contribution >= 0.6 is 11.3 Å². The molecule has 6 heteroatoms. The van der Waals surface area contributed by atoms with E-state index < -0.39 is 5.54 Å². The number of hydrogen-bond acceptors (Lipinski definition) is 3. The molecule has 0 saturated heterocycles. The number of carbonyl (C=O) groups excluding carboxylic acids is 2. The minimum atomic E-state index is -0.938. The van der Waals surface area contributed by atoms with Crippen LogP contribution in [-0.4, -0.2) is 32.9 Å². The lowest BCUT2D eigenvalue weighted by Crippen LogP contribution is -2.64. The van der Waals surface area contributed by atoms with Gasteiger partial charge in [-0.15, -0.1) is 11.3 Å². The number of benzene rings is 1. The monoisotopic (exact) mass is 421 g/mol. The minimum Gasteiger partial charge on any atom is -0.351 e. The molecule has 30 heavy (non-hydrogen) atoms. The third-order valence-corrected chi connectivity index (χ3v) is 7.58. The van der Waals surface area contributed by atoms with E-state index in [4.69, 9.17) is 0 Å². The molecule has 1 aliphatic heterocycles. The van der Waals surface area contributed by atoms with Gasteiger partial charge in [0.15, 0.2) is 0 Å². The van der Waals surface area contributed by atoms with Crippen molar-refractivity contribution in [1.82, 2.24) is 14.8 Å². The molecule has 0 bridgehead atoms. The lowest BCUT2D eigenvalue weighted by atomic mass is 9.93. The molecule has 2 aromatic heterocycles. The number of rotatable bonds is 4. The van der Waals surface area contributed by atoms with Gasteiger partial charge in [-0.2, -0.15) is 0 Å². The first-order valence-electron chi connectivity index (χ1n) is 10.7. The molecule has 2 aliphatic rings. The number of hydrogen-bond donors (Lipinski definition) is 1. The van der Waals surface area contributed by atoms with Crippen LogP contribution in [0.5, 0.6) is 0 Å². The molecular weight excluding hydrogens is 394 g/mol. The number of thiophene rings is 1. The Morgan fingerprint density at radius 2 is 2.03 bits per heavy atom. The third-order valence-electron chi connectivity index (χ3n) is 6.63. The Morgan fingerprint density at radius 3 is 2.80 bits per heavy atom. The SMILES string of the molecule is Cc1cccc(CN2C(=O)c3cc4ccsc4n3CC2(C)C(=O)NC2CCCC2)c1. The van der Waals surface area contributed by atoms with Gasteiger partial charge in [0.05, 0.1) is 6.54 Å². The minimum absolute atomic E-state index is 0.0422. The second-order valence-electron chi connectivity index (χ2n) is 8.91. The van der Waals surface area contributed by atoms with Crippen LogP contribution in [0.2, 0.25) is 0 Å². The molecule has 3 aromatic rings. The summed E-state index contributed by atoms with van der Waals surface area (Å²) < 4.78 is 2.04. The highest BCUT2D eigenvalue weighted by Gasteiger charge is 2.48. The van der Waals surface area contributed by atoms with Crippen molar-refractivity contribution in [2.45, 2.75) is 64.2 Å². The fourth-order valence-corrected chi connectivity index (χ4v) is 5.81. The Bertz CT molecular complexity index is 1120. The van der Waals surface area contributed by atoms with Crippen LogP contribution in [0, 0.1) is 6.92 Å². The van der Waals surface area contributed by atoms with Crippen molar-refractivity contribution in [1.29, 1.82) is 0 Å². The summed E-state index contributed by atoms with van der Waals surface area (Å²) in [4.78, 5) is 30.1. The Morgan fingerprint density at radius 1 is 1.23 bits per heavy atom. The van der Waals surface area contributed by atoms with E-state index in [0.717, 1.165) is 47.0 Å². The highest BCUT2D eigenvalue weighted by Crippen LogP contribution is 2.35. The molecule has 0 spiro atoms. The van der Waals surface area contributed by atoms with Crippen LogP contribution < -0.4 is 5.32 Å². The summed E-state index contributed by atoms with van der Waals surface area (Å²) in [5, 5.41) is 6.37. The van der Waals surface area contributed by atoms with Gasteiger partial charge in [0, 0.05) is 18.0 Å². The molecule has 1 unspecified atom stereocenters. The maximum Gasteiger partial charge on any atom is 0.271 e. The summed E-state index contributed by atoms with van der Waals surface area (Å²) in [6, 6.07) is 12.4. The topological polar surface area (TPSA) is 54.3 Å². The number of aryl methyl sites for hydroxylation is 1. The van der Waals surface area contributed by atoms with Gasteiger partial charge in [-0.25, -0.2) is 0 Å². The molecule has 5 nitrogen and oxygen atoms in total. The summed E-state index contributed by atoms with van der Waals surface area (Å²) in [7, 11) is 0. The first kappa shape index (κ1) is 19.4. The molecular formula is C24H27N3O2S. The summed E-state index contributed by atoms with van der Waals surface area (Å²) in [6.45, 7) is 4.87. The second kappa shape index (κ2) is 7.27. The van der Waals surface area contributed by atoms with Crippen LogP contribution in [0.4, 0.5) is 0 Å². The number of nitrogens with one attached hydrogen (secondary N) is 1. The molecule has 5 rings (SSSR count). The van der Waals surface area contributed by atoms with E-state index in [2.05, 4.69) is 11.4 Å². The van der Waals surface area contributed by atoms with E-state index in [1.165, 1.54) is 0 Å². The van der Waals surface area contributed by atoms with Crippen LogP contribution in [0.25, 0.3) is 10.2 Å². The van der Waals surface area contributed by atoms with Gasteiger partial charge < -0.3 is 14.8 Å². The number of fused-ring (bicyclic) bond motifs is 3. The van der Waals surface area contributed by atoms with Gasteiger partial charge in [0.2, 0.25) is 5.91 Å². The molecule has 3 heterocycles. The quantitative estimate of drug-likeness (QED) is 0.675. The average molecular weight is 422 g/mol. The molecule has 1 aliphatic carbocycles. The Hall–Kier alpha value is -2.60. The predicted molar refractivity (Wildman–Crippen MR) is 120 cm³/mol. The maximum absolute atomic E-state index is 13.7. The molecule has 1 fully saturated rings. The normalized spacial score (nSPS) is 21.9. The zero-order chi connectivity index (χ0) is 20.9. The van der Waals surface area contributed by atoms with Crippen molar-refractivity contribution in [2.24, 2.45) is 0 Å². The highest BCUT2D eigenvalue weighted by molar-refractivity contribution is 7.16. The van der Waals surface area contributed by atoms with Crippen molar-refractivity contribution >= 4 is 33.4 Å². The first-order valence-corrected chi connectivity index (χ1v) is 11.6. The predicted octanol–water partition coefficient (Wildman–Crippen LogP) is 4.48. The number of carbonyl (C=O) groups is 2. The molecule has 1 atom stereocenters. The largest absolute Gasteiger partial charge is 0.351 e. The van der Waals surface area contributed by atoms with Crippen LogP contribution in [0.15, 0.2) is 41.8 Å². The van der Waals surface area contributed by atoms with Crippen molar-refractivity contribution in [2.75, 3.05) is 0 Å². The van der Waals surface area contributed by atoms with E-state index >= 15 is 0 Å². The maximum atomic E-state index is 13.7. The van der Waals surface area contributed by atoms with Gasteiger partial charge in [0.1, 0.15) is 16.1 Å².